The second-order valence-corrected chi connectivity index (χ2v) is 45.9. The van der Waals surface area contributed by atoms with Crippen LogP contribution in [0.4, 0.5) is 0 Å². The fraction of sp³-hybridized carbons (Fsp3) is 0.132. The molecule has 0 atom stereocenters. The fourth-order valence-corrected chi connectivity index (χ4v) is 24.5. The Balaban J connectivity index is 0.000000196. The monoisotopic (exact) mass is 2550 g/mol. The van der Waals surface area contributed by atoms with Crippen molar-refractivity contribution >= 4 is 86.5 Å². The van der Waals surface area contributed by atoms with Crippen molar-refractivity contribution in [2.45, 2.75) is 92.4 Å². The minimum Gasteiger partial charge on any atom is -0.753 e. The summed E-state index contributed by atoms with van der Waals surface area (Å²) in [5.41, 5.74) is 22.1. The van der Waals surface area contributed by atoms with Crippen molar-refractivity contribution in [3.8, 4) is 118 Å². The van der Waals surface area contributed by atoms with Gasteiger partial charge in [-0.05, 0) is 83.8 Å². The number of aromatic nitrogens is 4. The maximum Gasteiger partial charge on any atom is 3.00 e. The molecule has 19 aromatic rings. The van der Waals surface area contributed by atoms with Crippen LogP contribution in [-0.4, -0.2) is 46.4 Å². The number of aryl methyl sites for hydroxylation is 2. The summed E-state index contributed by atoms with van der Waals surface area (Å²) in [6.45, 7) is 28.5. The van der Waals surface area contributed by atoms with Crippen molar-refractivity contribution in [2.24, 2.45) is 0 Å². The van der Waals surface area contributed by atoms with E-state index in [1.807, 2.05) is 299 Å². The van der Waals surface area contributed by atoms with Crippen molar-refractivity contribution in [1.29, 1.82) is 5.26 Å². The van der Waals surface area contributed by atoms with E-state index in [1.165, 1.54) is 21.9 Å². The molecule has 0 aliphatic carbocycles. The standard InChI is InChI=1S/3C40H34NO2P.C7H8N.CNS.CN.3Au/c3*1-40(2,3)33-21-15-30(16-22-33)38-27-32(28-39(41-38)31-17-23-34(43-4)24-18-31)29-19-25-37(26-20-29)44(42,35-11-7-5-8-12-35)36-13-9-6-10-14-36;1-6-4-3-5-7(2)8-6;2-1-3;1-2;;;/h3*5-15,17,19-28H,1-4H3;4-5H,1-2H3;;;;;/q3*-2;3*-1;3*+3. The number of rotatable bonds is 21. The molecular weight excluding hydrogens is 2450 g/mol. The van der Waals surface area contributed by atoms with Crippen molar-refractivity contribution in [3.63, 3.8) is 0 Å². The zero-order chi connectivity index (χ0) is 103. The van der Waals surface area contributed by atoms with Gasteiger partial charge in [-0.25, -0.2) is 0 Å². The van der Waals surface area contributed by atoms with Gasteiger partial charge in [-0.1, -0.05) is 391 Å². The number of ether oxygens (including phenoxy) is 3. The van der Waals surface area contributed by atoms with Gasteiger partial charge in [0.2, 0.25) is 0 Å². The van der Waals surface area contributed by atoms with Crippen LogP contribution in [0.5, 0.6) is 17.2 Å². The summed E-state index contributed by atoms with van der Waals surface area (Å²) in [6.07, 6.45) is 0. The van der Waals surface area contributed by atoms with E-state index in [0.29, 0.717) is 0 Å². The van der Waals surface area contributed by atoms with Gasteiger partial charge in [0, 0.05) is 65.0 Å². The molecule has 0 saturated heterocycles. The van der Waals surface area contributed by atoms with E-state index in [0.717, 1.165) is 177 Å². The van der Waals surface area contributed by atoms with E-state index in [1.54, 1.807) is 21.3 Å². The Kier molecular flexibility index (Phi) is 41.0. The van der Waals surface area contributed by atoms with Gasteiger partial charge in [0.15, 0.2) is 21.4 Å². The Morgan fingerprint density at radius 3 is 0.601 bits per heavy atom. The van der Waals surface area contributed by atoms with Crippen LogP contribution in [0.15, 0.2) is 413 Å². The third-order valence-corrected chi connectivity index (χ3v) is 33.8. The summed E-state index contributed by atoms with van der Waals surface area (Å²) >= 11 is 3.70. The van der Waals surface area contributed by atoms with E-state index >= 15 is 0 Å². The molecule has 0 fully saturated rings. The maximum atomic E-state index is 14.9. The molecule has 0 N–H and O–H groups in total. The summed E-state index contributed by atoms with van der Waals surface area (Å²) in [6, 6.07) is 159. The van der Waals surface area contributed by atoms with Crippen molar-refractivity contribution in [2.75, 3.05) is 21.3 Å². The molecule has 15 aromatic carbocycles. The molecule has 0 aliphatic rings. The molecule has 4 heterocycles. The van der Waals surface area contributed by atoms with Crippen LogP contribution in [0.3, 0.4) is 0 Å². The first-order valence-electron chi connectivity index (χ1n) is 47.3. The number of isothiocyanates is 1. The molecule has 0 unspecified atom stereocenters. The fourth-order valence-electron chi connectivity index (χ4n) is 16.5. The quantitative estimate of drug-likeness (QED) is 0.0219. The molecule has 0 amide bonds. The molecular formula is C129H110Au3N6O6P3S. The van der Waals surface area contributed by atoms with Crippen LogP contribution in [-0.2, 0) is 97.1 Å². The van der Waals surface area contributed by atoms with Gasteiger partial charge in [0.25, 0.3) is 0 Å². The van der Waals surface area contributed by atoms with Crippen molar-refractivity contribution in [3.05, 3.63) is 495 Å². The van der Waals surface area contributed by atoms with Gasteiger partial charge in [0.05, 0.1) is 21.3 Å². The second-order valence-electron chi connectivity index (χ2n) is 37.5. The number of nitrogens with zero attached hydrogens (tertiary/aromatic N) is 6. The number of methoxy groups -OCH3 is 3. The van der Waals surface area contributed by atoms with E-state index in [-0.39, 0.29) is 83.4 Å². The first-order valence-corrected chi connectivity index (χ1v) is 52.8. The average Bonchev–Trinajstić information content (AvgIpc) is 0.767. The average molecular weight is 2560 g/mol. The number of hydrogen-bond donors (Lipinski definition) is 0. The third kappa shape index (κ3) is 28.3. The number of thiocarbonyl (C=S) groups is 1. The SMILES string of the molecule is COc1c[c-]c(-c2cc(-c3ccc(P(=O)(c4ccccc4)c4ccccc4)cc3)cc(-c3[c-]cc(C(C)(C)C)cc3)n2)cc1.COc1c[c-]c(-c2cc(-c3ccc(P(=O)(c4ccccc4)c4ccccc4)cc3)cc(-c3[c-]cc(C(C)(C)C)cc3)n2)cc1.COc1c[c-]c(-c2cc(-c3ccc(P(=O)(c4ccccc4)c4ccccc4)cc3)cc(-c3[c-]cc(C(C)(C)C)cc3)n2)cc1.Cc1c[c-]cc(C)n1.[Au+3].[Au+3].[Au+3].[C-]#N.[N-]=C=S. The Morgan fingerprint density at radius 2 is 0.453 bits per heavy atom. The van der Waals surface area contributed by atoms with Crippen LogP contribution in [0.25, 0.3) is 106 Å². The van der Waals surface area contributed by atoms with E-state index in [2.05, 4.69) is 249 Å². The minimum atomic E-state index is -3.06. The third-order valence-electron chi connectivity index (χ3n) is 24.6. The van der Waals surface area contributed by atoms with Crippen LogP contribution >= 0.6 is 33.6 Å². The van der Waals surface area contributed by atoms with Gasteiger partial charge < -0.3 is 65.1 Å². The summed E-state index contributed by atoms with van der Waals surface area (Å²) < 4.78 is 60.7. The number of pyridine rings is 4. The van der Waals surface area contributed by atoms with Gasteiger partial charge in [-0.15, -0.1) is 196 Å². The molecule has 0 bridgehead atoms. The van der Waals surface area contributed by atoms with Crippen LogP contribution < -0.4 is 62.0 Å². The second kappa shape index (κ2) is 52.9. The summed E-state index contributed by atoms with van der Waals surface area (Å²) in [5.74, 6) is 2.23. The van der Waals surface area contributed by atoms with Gasteiger partial charge >= 0.3 is 67.1 Å². The Bertz CT molecular complexity index is 6910. The number of benzene rings is 15. The zero-order valence-corrected chi connectivity index (χ0v) is 94.5. The van der Waals surface area contributed by atoms with E-state index in [4.69, 9.17) is 46.4 Å². The number of hydrogen-bond acceptors (Lipinski definition) is 12. The predicted molar refractivity (Wildman–Crippen MR) is 602 cm³/mol. The largest absolute Gasteiger partial charge is 3.00 e. The smallest absolute Gasteiger partial charge is 0.753 e. The Labute approximate surface area is 925 Å². The minimum absolute atomic E-state index is 0. The first-order chi connectivity index (χ1) is 70.0. The first kappa shape index (κ1) is 115. The molecule has 19 heteroatoms. The van der Waals surface area contributed by atoms with Crippen LogP contribution in [0, 0.1) is 68.1 Å². The van der Waals surface area contributed by atoms with Gasteiger partial charge in [-0.2, -0.15) is 23.4 Å². The molecule has 12 nitrogen and oxygen atoms in total. The summed E-state index contributed by atoms with van der Waals surface area (Å²) in [7, 11) is -4.25. The van der Waals surface area contributed by atoms with E-state index < -0.39 is 21.4 Å². The van der Waals surface area contributed by atoms with Gasteiger partial charge in [0.1, 0.15) is 0 Å². The Morgan fingerprint density at radius 1 is 0.270 bits per heavy atom. The zero-order valence-electron chi connectivity index (χ0n) is 84.5. The molecule has 148 heavy (non-hydrogen) atoms. The Hall–Kier alpha value is -13.5. The topological polar surface area (TPSA) is 177 Å². The summed E-state index contributed by atoms with van der Waals surface area (Å²) in [4.78, 5) is 19.2. The molecule has 0 saturated carbocycles. The normalized spacial score (nSPS) is 11.0. The van der Waals surface area contributed by atoms with Crippen LogP contribution in [0.1, 0.15) is 90.4 Å². The maximum absolute atomic E-state index is 14.9. The summed E-state index contributed by atoms with van der Waals surface area (Å²) in [5, 5.41) is 22.0. The van der Waals surface area contributed by atoms with Gasteiger partial charge in [-0.3, -0.25) is 0 Å². The van der Waals surface area contributed by atoms with Crippen LogP contribution in [0.2, 0.25) is 0 Å². The molecule has 4 aromatic heterocycles. The molecule has 0 radical (unpaired) electrons. The van der Waals surface area contributed by atoms with Crippen molar-refractivity contribution in [1.82, 2.24) is 19.9 Å². The van der Waals surface area contributed by atoms with E-state index in [9.17, 15) is 13.7 Å². The molecule has 0 aliphatic heterocycles. The molecule has 0 spiro atoms. The molecule has 19 rings (SSSR count). The van der Waals surface area contributed by atoms with Crippen molar-refractivity contribution < 1.29 is 95.0 Å². The molecule has 746 valence electrons. The predicted octanol–water partition coefficient (Wildman–Crippen LogP) is 28.1.